The Morgan fingerprint density at radius 3 is 1.94 bits per heavy atom. The van der Waals surface area contributed by atoms with Gasteiger partial charge in [0, 0.05) is 11.3 Å². The van der Waals surface area contributed by atoms with Crippen LogP contribution in [0.4, 0.5) is 36.4 Å². The Morgan fingerprint density at radius 2 is 1.44 bits per heavy atom. The molecule has 168 valence electrons. The number of hydrogen-bond donors (Lipinski definition) is 1. The molecule has 0 aliphatic rings. The van der Waals surface area contributed by atoms with Crippen LogP contribution < -0.4 is 5.32 Å². The van der Waals surface area contributed by atoms with Crippen LogP contribution in [0.3, 0.4) is 0 Å². The maximum Gasteiger partial charge on any atom is 0.416 e. The number of halogens is 7. The smallest absolute Gasteiger partial charge is 0.325 e. The molecule has 1 amide bonds. The summed E-state index contributed by atoms with van der Waals surface area (Å²) in [4.78, 5) is 12.0. The van der Waals surface area contributed by atoms with Crippen molar-refractivity contribution in [2.45, 2.75) is 17.4 Å². The van der Waals surface area contributed by atoms with Gasteiger partial charge in [-0.15, -0.1) is 10.2 Å². The fourth-order valence-electron chi connectivity index (χ4n) is 2.54. The number of amides is 1. The van der Waals surface area contributed by atoms with Crippen molar-refractivity contribution in [3.8, 4) is 11.3 Å². The van der Waals surface area contributed by atoms with Gasteiger partial charge in [0.1, 0.15) is 10.8 Å². The Hall–Kier alpha value is -3.15. The highest BCUT2D eigenvalue weighted by molar-refractivity contribution is 7.99. The number of nitrogens with one attached hydrogen (secondary N) is 1. The molecule has 0 fully saturated rings. The predicted octanol–water partition coefficient (Wildman–Crippen LogP) is 6.05. The van der Waals surface area contributed by atoms with E-state index in [1.165, 1.54) is 30.3 Å². The summed E-state index contributed by atoms with van der Waals surface area (Å²) in [5.74, 6) is -1.57. The third kappa shape index (κ3) is 6.19. The lowest BCUT2D eigenvalue weighted by Gasteiger charge is -2.14. The molecular formula is C20H12F7N3OS. The van der Waals surface area contributed by atoms with Crippen molar-refractivity contribution in [2.24, 2.45) is 0 Å². The van der Waals surface area contributed by atoms with Gasteiger partial charge in [-0.25, -0.2) is 4.39 Å². The number of benzene rings is 2. The second-order valence-corrected chi connectivity index (χ2v) is 7.39. The van der Waals surface area contributed by atoms with E-state index in [1.807, 2.05) is 5.32 Å². The molecule has 3 rings (SSSR count). The topological polar surface area (TPSA) is 54.9 Å². The summed E-state index contributed by atoms with van der Waals surface area (Å²) in [5, 5.41) is 10.2. The Balaban J connectivity index is 1.66. The molecule has 0 aliphatic heterocycles. The van der Waals surface area contributed by atoms with E-state index in [0.717, 1.165) is 11.8 Å². The molecule has 12 heteroatoms. The number of hydrogen-bond acceptors (Lipinski definition) is 4. The van der Waals surface area contributed by atoms with E-state index in [4.69, 9.17) is 0 Å². The molecular weight excluding hydrogens is 463 g/mol. The number of thioether (sulfide) groups is 1. The van der Waals surface area contributed by atoms with Crippen molar-refractivity contribution in [1.29, 1.82) is 0 Å². The first-order chi connectivity index (χ1) is 14.9. The first kappa shape index (κ1) is 23.5. The summed E-state index contributed by atoms with van der Waals surface area (Å²) in [7, 11) is 0. The van der Waals surface area contributed by atoms with Crippen molar-refractivity contribution in [3.05, 3.63) is 71.5 Å². The molecule has 32 heavy (non-hydrogen) atoms. The van der Waals surface area contributed by atoms with Crippen LogP contribution >= 0.6 is 11.8 Å². The zero-order valence-corrected chi connectivity index (χ0v) is 16.6. The predicted molar refractivity (Wildman–Crippen MR) is 103 cm³/mol. The summed E-state index contributed by atoms with van der Waals surface area (Å²) in [6, 6.07) is 9.43. The molecule has 4 nitrogen and oxygen atoms in total. The number of aromatic nitrogens is 2. The second kappa shape index (κ2) is 9.15. The van der Waals surface area contributed by atoms with Crippen LogP contribution in [0.25, 0.3) is 11.3 Å². The molecule has 3 aromatic rings. The van der Waals surface area contributed by atoms with Gasteiger partial charge in [-0.1, -0.05) is 11.8 Å². The molecule has 0 unspecified atom stereocenters. The monoisotopic (exact) mass is 475 g/mol. The summed E-state index contributed by atoms with van der Waals surface area (Å²) < 4.78 is 90.4. The van der Waals surface area contributed by atoms with Crippen LogP contribution in [0.2, 0.25) is 0 Å². The third-order valence-electron chi connectivity index (χ3n) is 4.00. The van der Waals surface area contributed by atoms with E-state index < -0.39 is 40.9 Å². The molecule has 0 bridgehead atoms. The van der Waals surface area contributed by atoms with Crippen LogP contribution in [0, 0.1) is 5.82 Å². The molecule has 1 N–H and O–H groups in total. The zero-order chi connectivity index (χ0) is 23.5. The first-order valence-electron chi connectivity index (χ1n) is 8.73. The summed E-state index contributed by atoms with van der Waals surface area (Å²) >= 11 is 0.884. The fourth-order valence-corrected chi connectivity index (χ4v) is 3.15. The normalized spacial score (nSPS) is 12.0. The van der Waals surface area contributed by atoms with Gasteiger partial charge >= 0.3 is 12.4 Å². The van der Waals surface area contributed by atoms with E-state index in [9.17, 15) is 35.5 Å². The molecule has 0 aliphatic carbocycles. The van der Waals surface area contributed by atoms with Crippen molar-refractivity contribution in [3.63, 3.8) is 0 Å². The highest BCUT2D eigenvalue weighted by atomic mass is 32.2. The maximum absolute atomic E-state index is 13.0. The lowest BCUT2D eigenvalue weighted by atomic mass is 10.1. The van der Waals surface area contributed by atoms with Gasteiger partial charge in [-0.05, 0) is 54.6 Å². The number of alkyl halides is 6. The first-order valence-corrected chi connectivity index (χ1v) is 9.72. The maximum atomic E-state index is 13.0. The Kier molecular flexibility index (Phi) is 6.72. The minimum Gasteiger partial charge on any atom is -0.325 e. The van der Waals surface area contributed by atoms with Gasteiger partial charge in [-0.3, -0.25) is 4.79 Å². The molecule has 0 saturated heterocycles. The molecule has 0 radical (unpaired) electrons. The van der Waals surface area contributed by atoms with Crippen LogP contribution in [0.1, 0.15) is 11.1 Å². The van der Waals surface area contributed by atoms with E-state index in [1.54, 1.807) is 6.07 Å². The van der Waals surface area contributed by atoms with Crippen LogP contribution in [0.15, 0.2) is 59.6 Å². The lowest BCUT2D eigenvalue weighted by molar-refractivity contribution is -0.143. The van der Waals surface area contributed by atoms with Gasteiger partial charge in [0.2, 0.25) is 5.91 Å². The largest absolute Gasteiger partial charge is 0.416 e. The molecule has 0 atom stereocenters. The number of nitrogens with zero attached hydrogens (tertiary/aromatic N) is 2. The van der Waals surface area contributed by atoms with Crippen molar-refractivity contribution >= 4 is 23.4 Å². The van der Waals surface area contributed by atoms with Gasteiger partial charge in [0.25, 0.3) is 0 Å². The Morgan fingerprint density at radius 1 is 0.844 bits per heavy atom. The average molecular weight is 475 g/mol. The third-order valence-corrected chi connectivity index (χ3v) is 4.92. The summed E-state index contributed by atoms with van der Waals surface area (Å²) in [6.07, 6.45) is -10.0. The Bertz CT molecular complexity index is 1070. The molecule has 2 aromatic carbocycles. The summed E-state index contributed by atoms with van der Waals surface area (Å²) in [5.41, 5.74) is -2.63. The van der Waals surface area contributed by atoms with Gasteiger partial charge in [-0.2, -0.15) is 26.3 Å². The number of carbonyl (C=O) groups is 1. The van der Waals surface area contributed by atoms with Crippen LogP contribution in [-0.4, -0.2) is 21.9 Å². The fraction of sp³-hybridized carbons (Fsp3) is 0.150. The van der Waals surface area contributed by atoms with Crippen LogP contribution in [0.5, 0.6) is 0 Å². The minimum absolute atomic E-state index is 0.0251. The quantitative estimate of drug-likeness (QED) is 0.361. The lowest BCUT2D eigenvalue weighted by Crippen LogP contribution is -2.17. The van der Waals surface area contributed by atoms with E-state index in [0.29, 0.717) is 28.4 Å². The SMILES string of the molecule is O=C(CSc1ccc(-c2ccc(F)cc2)nn1)Nc1cc(C(F)(F)F)cc(C(F)(F)F)c1. The summed E-state index contributed by atoms with van der Waals surface area (Å²) in [6.45, 7) is 0. The van der Waals surface area contributed by atoms with E-state index in [2.05, 4.69) is 10.2 Å². The second-order valence-electron chi connectivity index (χ2n) is 6.40. The number of anilines is 1. The van der Waals surface area contributed by atoms with Crippen LogP contribution in [-0.2, 0) is 17.1 Å². The average Bonchev–Trinajstić information content (AvgIpc) is 2.72. The molecule has 1 heterocycles. The number of carbonyl (C=O) groups excluding carboxylic acids is 1. The van der Waals surface area contributed by atoms with E-state index in [-0.39, 0.29) is 11.8 Å². The molecule has 0 saturated carbocycles. The van der Waals surface area contributed by atoms with Crippen molar-refractivity contribution < 1.29 is 35.5 Å². The molecule has 1 aromatic heterocycles. The Labute approximate surface area is 180 Å². The van der Waals surface area contributed by atoms with Crippen molar-refractivity contribution in [1.82, 2.24) is 10.2 Å². The zero-order valence-electron chi connectivity index (χ0n) is 15.8. The van der Waals surface area contributed by atoms with E-state index >= 15 is 0 Å². The van der Waals surface area contributed by atoms with Gasteiger partial charge in [0.15, 0.2) is 0 Å². The van der Waals surface area contributed by atoms with Crippen molar-refractivity contribution in [2.75, 3.05) is 11.1 Å². The number of rotatable bonds is 5. The minimum atomic E-state index is -5.02. The standard InChI is InChI=1S/C20H12F7N3OS/c21-14-3-1-11(2-4-14)16-5-6-18(30-29-16)32-10-17(31)28-15-8-12(19(22,23)24)7-13(9-15)20(25,26)27/h1-9H,10H2,(H,28,31). The highest BCUT2D eigenvalue weighted by Gasteiger charge is 2.37. The van der Waals surface area contributed by atoms with Gasteiger partial charge < -0.3 is 5.32 Å². The molecule has 0 spiro atoms. The highest BCUT2D eigenvalue weighted by Crippen LogP contribution is 2.37. The van der Waals surface area contributed by atoms with Gasteiger partial charge in [0.05, 0.1) is 22.6 Å².